The van der Waals surface area contributed by atoms with Crippen LogP contribution < -0.4 is 5.32 Å². The zero-order valence-corrected chi connectivity index (χ0v) is 11.5. The molecule has 1 heterocycles. The molecule has 1 aromatic rings. The highest BCUT2D eigenvalue weighted by molar-refractivity contribution is 9.10. The minimum atomic E-state index is -1.11. The topological polar surface area (TPSA) is 84.9 Å². The number of hydrogen-bond acceptors (Lipinski definition) is 4. The van der Waals surface area contributed by atoms with E-state index in [0.717, 1.165) is 0 Å². The molecule has 1 fully saturated rings. The van der Waals surface area contributed by atoms with Crippen molar-refractivity contribution < 1.29 is 24.2 Å². The summed E-state index contributed by atoms with van der Waals surface area (Å²) in [6.45, 7) is 0.970. The summed E-state index contributed by atoms with van der Waals surface area (Å²) < 4.78 is 10.9. The van der Waals surface area contributed by atoms with Gasteiger partial charge in [-0.2, -0.15) is 0 Å². The van der Waals surface area contributed by atoms with Crippen LogP contribution in [0.5, 0.6) is 0 Å². The van der Waals surface area contributed by atoms with Crippen molar-refractivity contribution in [3.05, 3.63) is 28.2 Å². The van der Waals surface area contributed by atoms with Crippen LogP contribution in [0.3, 0.4) is 0 Å². The van der Waals surface area contributed by atoms with Crippen molar-refractivity contribution in [2.75, 3.05) is 25.1 Å². The minimum Gasteiger partial charge on any atom is -0.478 e. The standard InChI is InChI=1S/C12H12BrNO5/c13-8-3-1-2-7(12(16)17)10(8)14-11(15)9-6-18-4-5-19-9/h1-3,9H,4-6H2,(H,14,15)(H,16,17). The number of carbonyl (C=O) groups excluding carboxylic acids is 1. The number of ether oxygens (including phenoxy) is 2. The summed E-state index contributed by atoms with van der Waals surface area (Å²) in [4.78, 5) is 23.1. The van der Waals surface area contributed by atoms with Gasteiger partial charge in [0.25, 0.3) is 5.91 Å². The van der Waals surface area contributed by atoms with Gasteiger partial charge in [0.15, 0.2) is 6.10 Å². The Bertz CT molecular complexity index is 499. The second-order valence-electron chi connectivity index (χ2n) is 3.89. The summed E-state index contributed by atoms with van der Waals surface area (Å²) >= 11 is 3.22. The summed E-state index contributed by atoms with van der Waals surface area (Å²) in [6.07, 6.45) is -0.720. The maximum Gasteiger partial charge on any atom is 0.337 e. The molecule has 1 unspecified atom stereocenters. The lowest BCUT2D eigenvalue weighted by Crippen LogP contribution is -2.39. The molecule has 19 heavy (non-hydrogen) atoms. The molecule has 0 bridgehead atoms. The molecular weight excluding hydrogens is 318 g/mol. The van der Waals surface area contributed by atoms with Crippen LogP contribution in [0.2, 0.25) is 0 Å². The van der Waals surface area contributed by atoms with Gasteiger partial charge in [-0.3, -0.25) is 4.79 Å². The van der Waals surface area contributed by atoms with Gasteiger partial charge in [-0.25, -0.2) is 4.79 Å². The Morgan fingerprint density at radius 1 is 1.37 bits per heavy atom. The SMILES string of the molecule is O=C(O)c1cccc(Br)c1NC(=O)C1COCCO1. The van der Waals surface area contributed by atoms with Gasteiger partial charge >= 0.3 is 5.97 Å². The van der Waals surface area contributed by atoms with Crippen molar-refractivity contribution in [3.8, 4) is 0 Å². The maximum absolute atomic E-state index is 12.0. The molecule has 0 radical (unpaired) electrons. The van der Waals surface area contributed by atoms with Gasteiger partial charge in [0.2, 0.25) is 0 Å². The van der Waals surface area contributed by atoms with Crippen LogP contribution in [-0.4, -0.2) is 42.9 Å². The van der Waals surface area contributed by atoms with E-state index in [4.69, 9.17) is 14.6 Å². The first kappa shape index (κ1) is 14.0. The number of carbonyl (C=O) groups is 2. The maximum atomic E-state index is 12.0. The van der Waals surface area contributed by atoms with Crippen LogP contribution in [0.4, 0.5) is 5.69 Å². The van der Waals surface area contributed by atoms with E-state index in [1.165, 1.54) is 6.07 Å². The van der Waals surface area contributed by atoms with Crippen molar-refractivity contribution in [2.45, 2.75) is 6.10 Å². The summed E-state index contributed by atoms with van der Waals surface area (Å²) in [5.74, 6) is -1.54. The first-order chi connectivity index (χ1) is 9.09. The normalized spacial score (nSPS) is 18.9. The van der Waals surface area contributed by atoms with Gasteiger partial charge < -0.3 is 19.9 Å². The van der Waals surface area contributed by atoms with E-state index in [2.05, 4.69) is 21.2 Å². The van der Waals surface area contributed by atoms with Crippen LogP contribution in [0.15, 0.2) is 22.7 Å². The van der Waals surface area contributed by atoms with Crippen LogP contribution in [0.25, 0.3) is 0 Å². The summed E-state index contributed by atoms with van der Waals surface area (Å²) in [5.41, 5.74) is 0.230. The quantitative estimate of drug-likeness (QED) is 0.877. The van der Waals surface area contributed by atoms with Crippen molar-refractivity contribution in [2.24, 2.45) is 0 Å². The molecule has 6 nitrogen and oxygen atoms in total. The first-order valence-corrected chi connectivity index (χ1v) is 6.41. The Morgan fingerprint density at radius 3 is 2.79 bits per heavy atom. The lowest BCUT2D eigenvalue weighted by atomic mass is 10.1. The molecule has 2 rings (SSSR count). The number of aromatic carboxylic acids is 1. The molecule has 7 heteroatoms. The van der Waals surface area contributed by atoms with Crippen LogP contribution in [0, 0.1) is 0 Å². The molecule has 1 atom stereocenters. The average molecular weight is 330 g/mol. The zero-order valence-electron chi connectivity index (χ0n) is 9.89. The van der Waals surface area contributed by atoms with Crippen molar-refractivity contribution in [1.82, 2.24) is 0 Å². The predicted molar refractivity (Wildman–Crippen MR) is 70.3 cm³/mol. The molecule has 1 amide bonds. The fraction of sp³-hybridized carbons (Fsp3) is 0.333. The third kappa shape index (κ3) is 3.31. The van der Waals surface area contributed by atoms with Crippen molar-refractivity contribution in [3.63, 3.8) is 0 Å². The third-order valence-electron chi connectivity index (χ3n) is 2.60. The predicted octanol–water partition coefficient (Wildman–Crippen LogP) is 1.50. The number of hydrogen-bond donors (Lipinski definition) is 2. The Kier molecular flexibility index (Phi) is 4.52. The van der Waals surface area contributed by atoms with Gasteiger partial charge in [0.05, 0.1) is 31.1 Å². The number of para-hydroxylation sites is 1. The number of carboxylic acid groups (broad SMARTS) is 1. The smallest absolute Gasteiger partial charge is 0.337 e. The molecule has 1 saturated heterocycles. The fourth-order valence-corrected chi connectivity index (χ4v) is 2.14. The van der Waals surface area contributed by atoms with E-state index in [9.17, 15) is 9.59 Å². The summed E-state index contributed by atoms with van der Waals surface area (Å²) in [6, 6.07) is 4.66. The second-order valence-corrected chi connectivity index (χ2v) is 4.75. The number of rotatable bonds is 3. The van der Waals surface area contributed by atoms with Crippen LogP contribution in [-0.2, 0) is 14.3 Å². The number of anilines is 1. The number of carboxylic acids is 1. The molecule has 0 aromatic heterocycles. The molecular formula is C12H12BrNO5. The third-order valence-corrected chi connectivity index (χ3v) is 3.26. The Balaban J connectivity index is 2.18. The Labute approximate surface area is 117 Å². The van der Waals surface area contributed by atoms with E-state index < -0.39 is 18.0 Å². The molecule has 0 spiro atoms. The second kappa shape index (κ2) is 6.14. The van der Waals surface area contributed by atoms with Gasteiger partial charge in [-0.05, 0) is 28.1 Å². The molecule has 1 aliphatic heterocycles. The number of nitrogens with one attached hydrogen (secondary N) is 1. The van der Waals surface area contributed by atoms with E-state index in [1.54, 1.807) is 12.1 Å². The molecule has 0 aliphatic carbocycles. The molecule has 1 aliphatic rings. The Morgan fingerprint density at radius 2 is 2.16 bits per heavy atom. The molecule has 0 saturated carbocycles. The minimum absolute atomic E-state index is 0.0134. The van der Waals surface area contributed by atoms with Gasteiger partial charge in [-0.15, -0.1) is 0 Å². The number of benzene rings is 1. The first-order valence-electron chi connectivity index (χ1n) is 5.61. The van der Waals surface area contributed by atoms with Gasteiger partial charge in [0, 0.05) is 4.47 Å². The van der Waals surface area contributed by atoms with Gasteiger partial charge in [-0.1, -0.05) is 6.07 Å². The molecule has 2 N–H and O–H groups in total. The van der Waals surface area contributed by atoms with E-state index >= 15 is 0 Å². The monoisotopic (exact) mass is 329 g/mol. The molecule has 102 valence electrons. The average Bonchev–Trinajstić information content (AvgIpc) is 2.41. The van der Waals surface area contributed by atoms with Crippen molar-refractivity contribution >= 4 is 33.5 Å². The fourth-order valence-electron chi connectivity index (χ4n) is 1.67. The lowest BCUT2D eigenvalue weighted by Gasteiger charge is -2.22. The van der Waals surface area contributed by atoms with E-state index in [0.29, 0.717) is 17.7 Å². The number of amides is 1. The largest absolute Gasteiger partial charge is 0.478 e. The number of halogens is 1. The highest BCUT2D eigenvalue weighted by Gasteiger charge is 2.24. The van der Waals surface area contributed by atoms with E-state index in [1.807, 2.05) is 0 Å². The summed E-state index contributed by atoms with van der Waals surface area (Å²) in [5, 5.41) is 11.6. The van der Waals surface area contributed by atoms with E-state index in [-0.39, 0.29) is 17.9 Å². The lowest BCUT2D eigenvalue weighted by molar-refractivity contribution is -0.142. The van der Waals surface area contributed by atoms with Crippen molar-refractivity contribution in [1.29, 1.82) is 0 Å². The highest BCUT2D eigenvalue weighted by Crippen LogP contribution is 2.27. The Hall–Kier alpha value is -1.44. The van der Waals surface area contributed by atoms with Crippen LogP contribution >= 0.6 is 15.9 Å². The highest BCUT2D eigenvalue weighted by atomic mass is 79.9. The molecule has 1 aromatic carbocycles. The van der Waals surface area contributed by atoms with Crippen LogP contribution in [0.1, 0.15) is 10.4 Å². The zero-order chi connectivity index (χ0) is 13.8. The summed E-state index contributed by atoms with van der Waals surface area (Å²) in [7, 11) is 0. The van der Waals surface area contributed by atoms with Gasteiger partial charge in [0.1, 0.15) is 0 Å².